The number of benzene rings is 1. The monoisotopic (exact) mass is 227 g/mol. The van der Waals surface area contributed by atoms with Gasteiger partial charge in [0.25, 0.3) is 0 Å². The SMILES string of the molecule is Cc1ccc(-c2ccnc(C(C)CN)n2)cc1. The van der Waals surface area contributed by atoms with E-state index in [0.717, 1.165) is 17.1 Å². The number of aryl methyl sites for hydroxylation is 1. The van der Waals surface area contributed by atoms with Gasteiger partial charge < -0.3 is 5.73 Å². The molecule has 0 amide bonds. The molecule has 0 bridgehead atoms. The van der Waals surface area contributed by atoms with Crippen LogP contribution in [-0.4, -0.2) is 16.5 Å². The number of nitrogens with zero attached hydrogens (tertiary/aromatic N) is 2. The lowest BCUT2D eigenvalue weighted by atomic mass is 10.1. The van der Waals surface area contributed by atoms with Crippen LogP contribution in [0.4, 0.5) is 0 Å². The first kappa shape index (κ1) is 11.7. The largest absolute Gasteiger partial charge is 0.330 e. The molecule has 2 aromatic rings. The Hall–Kier alpha value is -1.74. The second kappa shape index (κ2) is 5.06. The van der Waals surface area contributed by atoms with Gasteiger partial charge in [0.2, 0.25) is 0 Å². The maximum Gasteiger partial charge on any atom is 0.133 e. The fraction of sp³-hybridized carbons (Fsp3) is 0.286. The van der Waals surface area contributed by atoms with Crippen molar-refractivity contribution >= 4 is 0 Å². The van der Waals surface area contributed by atoms with Gasteiger partial charge in [-0.2, -0.15) is 0 Å². The van der Waals surface area contributed by atoms with Crippen LogP contribution in [0.3, 0.4) is 0 Å². The third kappa shape index (κ3) is 2.68. The summed E-state index contributed by atoms with van der Waals surface area (Å²) in [4.78, 5) is 8.81. The highest BCUT2D eigenvalue weighted by atomic mass is 14.9. The van der Waals surface area contributed by atoms with Crippen molar-refractivity contribution < 1.29 is 0 Å². The predicted octanol–water partition coefficient (Wildman–Crippen LogP) is 2.51. The van der Waals surface area contributed by atoms with Crippen molar-refractivity contribution in [2.24, 2.45) is 5.73 Å². The van der Waals surface area contributed by atoms with Crippen molar-refractivity contribution in [2.75, 3.05) is 6.54 Å². The van der Waals surface area contributed by atoms with Crippen LogP contribution < -0.4 is 5.73 Å². The minimum absolute atomic E-state index is 0.195. The first-order chi connectivity index (χ1) is 8.20. The predicted molar refractivity (Wildman–Crippen MR) is 69.7 cm³/mol. The van der Waals surface area contributed by atoms with Gasteiger partial charge in [0, 0.05) is 24.2 Å². The highest BCUT2D eigenvalue weighted by molar-refractivity contribution is 5.58. The van der Waals surface area contributed by atoms with E-state index in [9.17, 15) is 0 Å². The summed E-state index contributed by atoms with van der Waals surface area (Å²) in [5, 5.41) is 0. The average Bonchev–Trinajstić information content (AvgIpc) is 2.39. The maximum atomic E-state index is 5.63. The Morgan fingerprint density at radius 3 is 2.53 bits per heavy atom. The number of hydrogen-bond acceptors (Lipinski definition) is 3. The highest BCUT2D eigenvalue weighted by Gasteiger charge is 2.08. The quantitative estimate of drug-likeness (QED) is 0.876. The molecule has 0 saturated heterocycles. The Labute approximate surface area is 102 Å². The summed E-state index contributed by atoms with van der Waals surface area (Å²) >= 11 is 0. The first-order valence-electron chi connectivity index (χ1n) is 5.80. The van der Waals surface area contributed by atoms with Gasteiger partial charge in [0.05, 0.1) is 5.69 Å². The van der Waals surface area contributed by atoms with Crippen LogP contribution in [0, 0.1) is 6.92 Å². The molecule has 0 aliphatic carbocycles. The molecule has 1 aromatic heterocycles. The molecule has 1 heterocycles. The van der Waals surface area contributed by atoms with Crippen molar-refractivity contribution in [3.63, 3.8) is 0 Å². The Balaban J connectivity index is 2.36. The van der Waals surface area contributed by atoms with Gasteiger partial charge in [0.15, 0.2) is 0 Å². The normalized spacial score (nSPS) is 12.4. The van der Waals surface area contributed by atoms with Gasteiger partial charge in [0.1, 0.15) is 5.82 Å². The summed E-state index contributed by atoms with van der Waals surface area (Å²) in [5.74, 6) is 1.01. The van der Waals surface area contributed by atoms with Crippen LogP contribution in [0.2, 0.25) is 0 Å². The van der Waals surface area contributed by atoms with Gasteiger partial charge in [-0.1, -0.05) is 36.8 Å². The summed E-state index contributed by atoms with van der Waals surface area (Å²) in [5.41, 5.74) is 8.95. The van der Waals surface area contributed by atoms with E-state index >= 15 is 0 Å². The van der Waals surface area contributed by atoms with Crippen molar-refractivity contribution in [3.8, 4) is 11.3 Å². The first-order valence-corrected chi connectivity index (χ1v) is 5.80. The molecule has 3 nitrogen and oxygen atoms in total. The Bertz CT molecular complexity index is 491. The molecule has 1 atom stereocenters. The molecule has 2 rings (SSSR count). The van der Waals surface area contributed by atoms with Crippen molar-refractivity contribution in [1.82, 2.24) is 9.97 Å². The van der Waals surface area contributed by atoms with Crippen molar-refractivity contribution in [2.45, 2.75) is 19.8 Å². The van der Waals surface area contributed by atoms with E-state index < -0.39 is 0 Å². The summed E-state index contributed by atoms with van der Waals surface area (Å²) in [6, 6.07) is 10.3. The average molecular weight is 227 g/mol. The maximum absolute atomic E-state index is 5.63. The van der Waals surface area contributed by atoms with Gasteiger partial charge >= 0.3 is 0 Å². The topological polar surface area (TPSA) is 51.8 Å². The number of nitrogens with two attached hydrogens (primary N) is 1. The minimum atomic E-state index is 0.195. The molecule has 1 unspecified atom stereocenters. The van der Waals surface area contributed by atoms with Crippen molar-refractivity contribution in [3.05, 3.63) is 47.9 Å². The zero-order valence-electron chi connectivity index (χ0n) is 10.2. The summed E-state index contributed by atoms with van der Waals surface area (Å²) in [6.45, 7) is 4.68. The lowest BCUT2D eigenvalue weighted by Crippen LogP contribution is -2.12. The van der Waals surface area contributed by atoms with Gasteiger partial charge in [-0.15, -0.1) is 0 Å². The van der Waals surface area contributed by atoms with Crippen LogP contribution in [0.15, 0.2) is 36.5 Å². The smallest absolute Gasteiger partial charge is 0.133 e. The molecule has 88 valence electrons. The van der Waals surface area contributed by atoms with Crippen LogP contribution in [0.5, 0.6) is 0 Å². The fourth-order valence-corrected chi connectivity index (χ4v) is 1.60. The Morgan fingerprint density at radius 2 is 1.88 bits per heavy atom. The number of aromatic nitrogens is 2. The van der Waals surface area contributed by atoms with E-state index in [1.165, 1.54) is 5.56 Å². The van der Waals surface area contributed by atoms with Crippen LogP contribution in [0.25, 0.3) is 11.3 Å². The van der Waals surface area contributed by atoms with Crippen LogP contribution in [-0.2, 0) is 0 Å². The van der Waals surface area contributed by atoms with E-state index in [-0.39, 0.29) is 5.92 Å². The lowest BCUT2D eigenvalue weighted by molar-refractivity contribution is 0.713. The third-order valence-electron chi connectivity index (χ3n) is 2.82. The highest BCUT2D eigenvalue weighted by Crippen LogP contribution is 2.18. The molecule has 1 aromatic carbocycles. The Morgan fingerprint density at radius 1 is 1.18 bits per heavy atom. The molecule has 0 fully saturated rings. The molecule has 3 heteroatoms. The second-order valence-electron chi connectivity index (χ2n) is 4.30. The zero-order chi connectivity index (χ0) is 12.3. The molecule has 0 aliphatic heterocycles. The lowest BCUT2D eigenvalue weighted by Gasteiger charge is -2.08. The molecular formula is C14H17N3. The van der Waals surface area contributed by atoms with Gasteiger partial charge in [-0.3, -0.25) is 0 Å². The molecule has 2 N–H and O–H groups in total. The van der Waals surface area contributed by atoms with E-state index in [2.05, 4.69) is 41.2 Å². The number of rotatable bonds is 3. The van der Waals surface area contributed by atoms with E-state index in [0.29, 0.717) is 6.54 Å². The minimum Gasteiger partial charge on any atom is -0.330 e. The molecule has 0 spiro atoms. The second-order valence-corrected chi connectivity index (χ2v) is 4.30. The van der Waals surface area contributed by atoms with Crippen LogP contribution >= 0.6 is 0 Å². The molecular weight excluding hydrogens is 210 g/mol. The molecule has 0 saturated carbocycles. The summed E-state index contributed by atoms with van der Waals surface area (Å²) in [6.07, 6.45) is 1.80. The van der Waals surface area contributed by atoms with Gasteiger partial charge in [-0.25, -0.2) is 9.97 Å². The van der Waals surface area contributed by atoms with Gasteiger partial charge in [-0.05, 0) is 13.0 Å². The third-order valence-corrected chi connectivity index (χ3v) is 2.82. The van der Waals surface area contributed by atoms with E-state index in [1.54, 1.807) is 6.20 Å². The molecule has 0 radical (unpaired) electrons. The summed E-state index contributed by atoms with van der Waals surface area (Å²) in [7, 11) is 0. The molecule has 17 heavy (non-hydrogen) atoms. The Kier molecular flexibility index (Phi) is 3.49. The van der Waals surface area contributed by atoms with E-state index in [1.807, 2.05) is 13.0 Å². The zero-order valence-corrected chi connectivity index (χ0v) is 10.2. The fourth-order valence-electron chi connectivity index (χ4n) is 1.60. The van der Waals surface area contributed by atoms with Crippen LogP contribution in [0.1, 0.15) is 24.2 Å². The summed E-state index contributed by atoms with van der Waals surface area (Å²) < 4.78 is 0. The standard InChI is InChI=1S/C14H17N3/c1-10-3-5-12(6-4-10)13-7-8-16-14(17-13)11(2)9-15/h3-8,11H,9,15H2,1-2H3. The number of hydrogen-bond donors (Lipinski definition) is 1. The van der Waals surface area contributed by atoms with Crippen molar-refractivity contribution in [1.29, 1.82) is 0 Å². The molecule has 0 aliphatic rings. The van der Waals surface area contributed by atoms with E-state index in [4.69, 9.17) is 5.73 Å².